The van der Waals surface area contributed by atoms with Gasteiger partial charge < -0.3 is 5.32 Å². The molecule has 0 atom stereocenters. The number of nitrogens with zero attached hydrogens (tertiary/aromatic N) is 3. The van der Waals surface area contributed by atoms with Gasteiger partial charge in [0.15, 0.2) is 5.82 Å². The SMILES string of the molecule is CNc1nc(Cl)nc2cccnc12. The zero-order valence-electron chi connectivity index (χ0n) is 6.95. The number of pyridine rings is 1. The van der Waals surface area contributed by atoms with E-state index in [0.717, 1.165) is 11.0 Å². The van der Waals surface area contributed by atoms with Gasteiger partial charge in [0, 0.05) is 13.2 Å². The Labute approximate surface area is 80.0 Å². The summed E-state index contributed by atoms with van der Waals surface area (Å²) in [5.74, 6) is 0.649. The van der Waals surface area contributed by atoms with Crippen molar-refractivity contribution >= 4 is 28.5 Å². The van der Waals surface area contributed by atoms with Crippen LogP contribution in [0.4, 0.5) is 5.82 Å². The Morgan fingerprint density at radius 3 is 3.00 bits per heavy atom. The van der Waals surface area contributed by atoms with Gasteiger partial charge in [0.05, 0.1) is 5.52 Å². The van der Waals surface area contributed by atoms with E-state index in [2.05, 4.69) is 20.3 Å². The van der Waals surface area contributed by atoms with E-state index in [0.29, 0.717) is 5.82 Å². The molecule has 2 aromatic heterocycles. The highest BCUT2D eigenvalue weighted by Gasteiger charge is 2.04. The predicted molar refractivity (Wildman–Crippen MR) is 51.9 cm³/mol. The zero-order valence-corrected chi connectivity index (χ0v) is 7.71. The molecule has 13 heavy (non-hydrogen) atoms. The molecule has 0 fully saturated rings. The Kier molecular flexibility index (Phi) is 1.98. The maximum Gasteiger partial charge on any atom is 0.225 e. The van der Waals surface area contributed by atoms with Crippen molar-refractivity contribution in [2.45, 2.75) is 0 Å². The normalized spacial score (nSPS) is 10.3. The van der Waals surface area contributed by atoms with Crippen molar-refractivity contribution in [1.82, 2.24) is 15.0 Å². The molecule has 0 saturated heterocycles. The lowest BCUT2D eigenvalue weighted by Gasteiger charge is -2.02. The number of hydrogen-bond acceptors (Lipinski definition) is 4. The Hall–Kier alpha value is -1.42. The number of aromatic nitrogens is 3. The number of rotatable bonds is 1. The second kappa shape index (κ2) is 3.14. The fourth-order valence-electron chi connectivity index (χ4n) is 1.11. The van der Waals surface area contributed by atoms with Crippen LogP contribution in [0.3, 0.4) is 0 Å². The Balaban J connectivity index is 2.81. The van der Waals surface area contributed by atoms with Crippen LogP contribution in [-0.4, -0.2) is 22.0 Å². The quantitative estimate of drug-likeness (QED) is 0.703. The number of halogens is 1. The van der Waals surface area contributed by atoms with Gasteiger partial charge in [-0.1, -0.05) is 0 Å². The fourth-order valence-corrected chi connectivity index (χ4v) is 1.29. The fraction of sp³-hybridized carbons (Fsp3) is 0.125. The highest BCUT2D eigenvalue weighted by molar-refractivity contribution is 6.28. The highest BCUT2D eigenvalue weighted by atomic mass is 35.5. The summed E-state index contributed by atoms with van der Waals surface area (Å²) in [6.45, 7) is 0. The van der Waals surface area contributed by atoms with Crippen molar-refractivity contribution in [1.29, 1.82) is 0 Å². The number of hydrogen-bond donors (Lipinski definition) is 1. The molecule has 2 heterocycles. The molecule has 0 amide bonds. The maximum absolute atomic E-state index is 5.71. The minimum Gasteiger partial charge on any atom is -0.371 e. The Bertz CT molecular complexity index is 443. The van der Waals surface area contributed by atoms with Crippen molar-refractivity contribution in [2.24, 2.45) is 0 Å². The monoisotopic (exact) mass is 194 g/mol. The molecule has 0 aromatic carbocycles. The molecule has 0 spiro atoms. The summed E-state index contributed by atoms with van der Waals surface area (Å²) in [5, 5.41) is 3.14. The molecule has 0 unspecified atom stereocenters. The van der Waals surface area contributed by atoms with Gasteiger partial charge in [0.2, 0.25) is 5.28 Å². The minimum atomic E-state index is 0.227. The summed E-state index contributed by atoms with van der Waals surface area (Å²) in [7, 11) is 1.77. The van der Waals surface area contributed by atoms with Crippen LogP contribution in [0.25, 0.3) is 11.0 Å². The van der Waals surface area contributed by atoms with Gasteiger partial charge in [-0.2, -0.15) is 4.98 Å². The maximum atomic E-state index is 5.71. The zero-order chi connectivity index (χ0) is 9.26. The molecule has 4 nitrogen and oxygen atoms in total. The second-order valence-electron chi connectivity index (χ2n) is 2.46. The van der Waals surface area contributed by atoms with Crippen molar-refractivity contribution < 1.29 is 0 Å². The third-order valence-corrected chi connectivity index (χ3v) is 1.83. The van der Waals surface area contributed by atoms with Crippen LogP contribution in [-0.2, 0) is 0 Å². The lowest BCUT2D eigenvalue weighted by molar-refractivity contribution is 1.19. The topological polar surface area (TPSA) is 50.7 Å². The summed E-state index contributed by atoms with van der Waals surface area (Å²) in [4.78, 5) is 12.2. The molecule has 0 bridgehead atoms. The molecular weight excluding hydrogens is 188 g/mol. The molecular formula is C8H7ClN4. The van der Waals surface area contributed by atoms with E-state index in [1.807, 2.05) is 12.1 Å². The molecule has 5 heteroatoms. The lowest BCUT2D eigenvalue weighted by Crippen LogP contribution is -1.97. The first-order valence-corrected chi connectivity index (χ1v) is 4.15. The van der Waals surface area contributed by atoms with Gasteiger partial charge in [-0.05, 0) is 23.7 Å². The van der Waals surface area contributed by atoms with Gasteiger partial charge in [-0.25, -0.2) is 4.98 Å². The first-order chi connectivity index (χ1) is 6.31. The van der Waals surface area contributed by atoms with E-state index < -0.39 is 0 Å². The Morgan fingerprint density at radius 2 is 2.23 bits per heavy atom. The van der Waals surface area contributed by atoms with Gasteiger partial charge in [-0.15, -0.1) is 0 Å². The average Bonchev–Trinajstić information content (AvgIpc) is 2.16. The van der Waals surface area contributed by atoms with E-state index in [9.17, 15) is 0 Å². The first-order valence-electron chi connectivity index (χ1n) is 3.77. The van der Waals surface area contributed by atoms with Crippen molar-refractivity contribution in [2.75, 3.05) is 12.4 Å². The van der Waals surface area contributed by atoms with E-state index in [1.54, 1.807) is 13.2 Å². The van der Waals surface area contributed by atoms with E-state index in [1.165, 1.54) is 0 Å². The molecule has 2 rings (SSSR count). The smallest absolute Gasteiger partial charge is 0.225 e. The van der Waals surface area contributed by atoms with E-state index in [-0.39, 0.29) is 5.28 Å². The molecule has 0 aliphatic rings. The van der Waals surface area contributed by atoms with Gasteiger partial charge in [-0.3, -0.25) is 4.98 Å². The predicted octanol–water partition coefficient (Wildman–Crippen LogP) is 1.72. The Morgan fingerprint density at radius 1 is 1.38 bits per heavy atom. The van der Waals surface area contributed by atoms with Crippen LogP contribution in [0.2, 0.25) is 5.28 Å². The van der Waals surface area contributed by atoms with E-state index >= 15 is 0 Å². The summed E-state index contributed by atoms with van der Waals surface area (Å²) in [6, 6.07) is 3.65. The lowest BCUT2D eigenvalue weighted by atomic mass is 10.3. The highest BCUT2D eigenvalue weighted by Crippen LogP contribution is 2.18. The third kappa shape index (κ3) is 1.40. The molecule has 0 aliphatic carbocycles. The van der Waals surface area contributed by atoms with Gasteiger partial charge in [0.1, 0.15) is 5.52 Å². The van der Waals surface area contributed by atoms with Gasteiger partial charge in [0.25, 0.3) is 0 Å². The third-order valence-electron chi connectivity index (χ3n) is 1.66. The summed E-state index contributed by atoms with van der Waals surface area (Å²) >= 11 is 5.71. The molecule has 1 N–H and O–H groups in total. The van der Waals surface area contributed by atoms with Crippen molar-refractivity contribution in [3.63, 3.8) is 0 Å². The molecule has 0 aliphatic heterocycles. The summed E-state index contributed by atoms with van der Waals surface area (Å²) in [6.07, 6.45) is 1.69. The summed E-state index contributed by atoms with van der Waals surface area (Å²) in [5.41, 5.74) is 1.47. The van der Waals surface area contributed by atoms with Crippen LogP contribution < -0.4 is 5.32 Å². The van der Waals surface area contributed by atoms with Crippen LogP contribution >= 0.6 is 11.6 Å². The van der Waals surface area contributed by atoms with E-state index in [4.69, 9.17) is 11.6 Å². The van der Waals surface area contributed by atoms with Crippen molar-refractivity contribution in [3.05, 3.63) is 23.6 Å². The number of nitrogens with one attached hydrogen (secondary N) is 1. The standard InChI is InChI=1S/C8H7ClN4/c1-10-7-6-5(3-2-4-11-6)12-8(9)13-7/h2-4H,1H3,(H,10,12,13). The van der Waals surface area contributed by atoms with Gasteiger partial charge >= 0.3 is 0 Å². The summed E-state index contributed by atoms with van der Waals surface area (Å²) < 4.78 is 0. The molecule has 0 radical (unpaired) electrons. The van der Waals surface area contributed by atoms with Crippen molar-refractivity contribution in [3.8, 4) is 0 Å². The second-order valence-corrected chi connectivity index (χ2v) is 2.80. The van der Waals surface area contributed by atoms with Crippen LogP contribution in [0, 0.1) is 0 Å². The van der Waals surface area contributed by atoms with Crippen LogP contribution in [0.15, 0.2) is 18.3 Å². The minimum absolute atomic E-state index is 0.227. The number of fused-ring (bicyclic) bond motifs is 1. The molecule has 2 aromatic rings. The molecule has 66 valence electrons. The average molecular weight is 195 g/mol. The molecule has 0 saturated carbocycles. The van der Waals surface area contributed by atoms with Crippen LogP contribution in [0.5, 0.6) is 0 Å². The first kappa shape index (κ1) is 8.19. The largest absolute Gasteiger partial charge is 0.371 e. The van der Waals surface area contributed by atoms with Crippen LogP contribution in [0.1, 0.15) is 0 Å². The number of anilines is 1.